The molecule has 0 heterocycles. The van der Waals surface area contributed by atoms with Crippen LogP contribution in [0.5, 0.6) is 11.5 Å². The third-order valence-corrected chi connectivity index (χ3v) is 3.51. The largest absolute Gasteiger partial charge is 0.456 e. The molecule has 2 aromatic carbocycles. The minimum Gasteiger partial charge on any atom is -0.456 e. The summed E-state index contributed by atoms with van der Waals surface area (Å²) in [5.41, 5.74) is 6.80. The Morgan fingerprint density at radius 2 is 2.00 bits per heavy atom. The first-order chi connectivity index (χ1) is 8.97. The molecule has 2 aromatic rings. The van der Waals surface area contributed by atoms with E-state index in [2.05, 4.69) is 15.9 Å². The molecular formula is C14H12BrClFNO. The maximum atomic E-state index is 13.0. The fourth-order valence-corrected chi connectivity index (χ4v) is 2.20. The van der Waals surface area contributed by atoms with Crippen LogP contribution in [0.15, 0.2) is 40.9 Å². The number of rotatable bonds is 3. The molecular weight excluding hydrogens is 333 g/mol. The van der Waals surface area contributed by atoms with Gasteiger partial charge in [-0.1, -0.05) is 17.7 Å². The molecule has 19 heavy (non-hydrogen) atoms. The van der Waals surface area contributed by atoms with Gasteiger partial charge in [-0.05, 0) is 52.7 Å². The first-order valence-electron chi connectivity index (χ1n) is 5.65. The Morgan fingerprint density at radius 1 is 1.26 bits per heavy atom. The van der Waals surface area contributed by atoms with Gasteiger partial charge in [0.2, 0.25) is 0 Å². The van der Waals surface area contributed by atoms with Crippen molar-refractivity contribution in [1.82, 2.24) is 0 Å². The molecule has 0 spiro atoms. The van der Waals surface area contributed by atoms with Gasteiger partial charge >= 0.3 is 0 Å². The Labute approximate surface area is 124 Å². The van der Waals surface area contributed by atoms with Crippen LogP contribution in [-0.2, 0) is 0 Å². The SMILES string of the molecule is CC(N)c1ccc(Oc2ccc(F)c(Cl)c2)c(Br)c1. The number of halogens is 3. The lowest BCUT2D eigenvalue weighted by Crippen LogP contribution is -2.04. The van der Waals surface area contributed by atoms with E-state index in [1.807, 2.05) is 19.1 Å². The van der Waals surface area contributed by atoms with Gasteiger partial charge in [-0.3, -0.25) is 0 Å². The fraction of sp³-hybridized carbons (Fsp3) is 0.143. The summed E-state index contributed by atoms with van der Waals surface area (Å²) >= 11 is 9.12. The molecule has 1 unspecified atom stereocenters. The molecule has 0 bridgehead atoms. The van der Waals surface area contributed by atoms with Crippen LogP contribution in [-0.4, -0.2) is 0 Å². The van der Waals surface area contributed by atoms with E-state index >= 15 is 0 Å². The minimum absolute atomic E-state index is 0.0285. The average molecular weight is 345 g/mol. The fourth-order valence-electron chi connectivity index (χ4n) is 1.55. The van der Waals surface area contributed by atoms with Crippen LogP contribution in [0.25, 0.3) is 0 Å². The topological polar surface area (TPSA) is 35.2 Å². The normalized spacial score (nSPS) is 12.3. The average Bonchev–Trinajstić information content (AvgIpc) is 2.36. The van der Waals surface area contributed by atoms with E-state index in [4.69, 9.17) is 22.1 Å². The summed E-state index contributed by atoms with van der Waals surface area (Å²) in [5.74, 6) is 0.619. The van der Waals surface area contributed by atoms with Gasteiger partial charge in [0.1, 0.15) is 17.3 Å². The Morgan fingerprint density at radius 3 is 2.58 bits per heavy atom. The quantitative estimate of drug-likeness (QED) is 0.845. The number of benzene rings is 2. The van der Waals surface area contributed by atoms with E-state index in [0.717, 1.165) is 10.0 Å². The third-order valence-electron chi connectivity index (χ3n) is 2.60. The number of hydrogen-bond acceptors (Lipinski definition) is 2. The molecule has 0 radical (unpaired) electrons. The van der Waals surface area contributed by atoms with Gasteiger partial charge in [-0.25, -0.2) is 4.39 Å². The highest BCUT2D eigenvalue weighted by Gasteiger charge is 2.08. The zero-order valence-electron chi connectivity index (χ0n) is 10.2. The van der Waals surface area contributed by atoms with Crippen LogP contribution in [0.3, 0.4) is 0 Å². The van der Waals surface area contributed by atoms with Crippen molar-refractivity contribution in [3.05, 3.63) is 57.3 Å². The van der Waals surface area contributed by atoms with E-state index in [1.54, 1.807) is 6.07 Å². The van der Waals surface area contributed by atoms with Gasteiger partial charge in [0.25, 0.3) is 0 Å². The summed E-state index contributed by atoms with van der Waals surface area (Å²) in [4.78, 5) is 0. The molecule has 0 amide bonds. The van der Waals surface area contributed by atoms with Crippen molar-refractivity contribution in [2.24, 2.45) is 5.73 Å². The molecule has 0 saturated heterocycles. The Hall–Kier alpha value is -1.10. The van der Waals surface area contributed by atoms with E-state index in [1.165, 1.54) is 18.2 Å². The van der Waals surface area contributed by atoms with Crippen molar-refractivity contribution in [3.63, 3.8) is 0 Å². The van der Waals surface area contributed by atoms with Crippen molar-refractivity contribution < 1.29 is 9.13 Å². The monoisotopic (exact) mass is 343 g/mol. The number of nitrogens with two attached hydrogens (primary N) is 1. The smallest absolute Gasteiger partial charge is 0.142 e. The maximum absolute atomic E-state index is 13.0. The van der Waals surface area contributed by atoms with Crippen molar-refractivity contribution in [3.8, 4) is 11.5 Å². The highest BCUT2D eigenvalue weighted by molar-refractivity contribution is 9.10. The van der Waals surface area contributed by atoms with E-state index in [9.17, 15) is 4.39 Å². The van der Waals surface area contributed by atoms with Gasteiger partial charge in [0.05, 0.1) is 9.50 Å². The van der Waals surface area contributed by atoms with Crippen molar-refractivity contribution in [1.29, 1.82) is 0 Å². The molecule has 1 atom stereocenters. The van der Waals surface area contributed by atoms with Gasteiger partial charge in [0.15, 0.2) is 0 Å². The standard InChI is InChI=1S/C14H12BrClFNO/c1-8(18)9-2-5-14(11(15)6-9)19-10-3-4-13(17)12(16)7-10/h2-8H,18H2,1H3. The van der Waals surface area contributed by atoms with Crippen LogP contribution < -0.4 is 10.5 Å². The Balaban J connectivity index is 2.25. The van der Waals surface area contributed by atoms with Gasteiger partial charge in [-0.15, -0.1) is 0 Å². The zero-order valence-corrected chi connectivity index (χ0v) is 12.5. The van der Waals surface area contributed by atoms with Crippen molar-refractivity contribution in [2.75, 3.05) is 0 Å². The number of hydrogen-bond donors (Lipinski definition) is 1. The molecule has 0 saturated carbocycles. The van der Waals surface area contributed by atoms with Crippen LogP contribution in [0.4, 0.5) is 4.39 Å². The van der Waals surface area contributed by atoms with Crippen LogP contribution in [0.1, 0.15) is 18.5 Å². The molecule has 0 aliphatic carbocycles. The second-order valence-electron chi connectivity index (χ2n) is 4.16. The lowest BCUT2D eigenvalue weighted by atomic mass is 10.1. The maximum Gasteiger partial charge on any atom is 0.142 e. The summed E-state index contributed by atoms with van der Waals surface area (Å²) in [6.07, 6.45) is 0. The van der Waals surface area contributed by atoms with Gasteiger partial charge < -0.3 is 10.5 Å². The third kappa shape index (κ3) is 3.47. The predicted molar refractivity (Wildman–Crippen MR) is 78.2 cm³/mol. The molecule has 5 heteroatoms. The first kappa shape index (κ1) is 14.3. The molecule has 0 fully saturated rings. The molecule has 2 rings (SSSR count). The van der Waals surface area contributed by atoms with Crippen LogP contribution >= 0.6 is 27.5 Å². The highest BCUT2D eigenvalue weighted by Crippen LogP contribution is 2.33. The summed E-state index contributed by atoms with van der Waals surface area (Å²) < 4.78 is 19.5. The second-order valence-corrected chi connectivity index (χ2v) is 5.42. The molecule has 0 aromatic heterocycles. The van der Waals surface area contributed by atoms with E-state index < -0.39 is 5.82 Å². The van der Waals surface area contributed by atoms with Crippen LogP contribution in [0.2, 0.25) is 5.02 Å². The van der Waals surface area contributed by atoms with Crippen molar-refractivity contribution in [2.45, 2.75) is 13.0 Å². The summed E-state index contributed by atoms with van der Waals surface area (Å²) in [5, 5.41) is 0.0285. The molecule has 2 N–H and O–H groups in total. The second kappa shape index (κ2) is 5.90. The summed E-state index contributed by atoms with van der Waals surface area (Å²) in [6, 6.07) is 9.75. The van der Waals surface area contributed by atoms with E-state index in [0.29, 0.717) is 11.5 Å². The van der Waals surface area contributed by atoms with Crippen LogP contribution in [0, 0.1) is 5.82 Å². The van der Waals surface area contributed by atoms with Crippen molar-refractivity contribution >= 4 is 27.5 Å². The minimum atomic E-state index is -0.472. The molecule has 0 aliphatic heterocycles. The predicted octanol–water partition coefficient (Wildman–Crippen LogP) is 5.05. The highest BCUT2D eigenvalue weighted by atomic mass is 79.9. The van der Waals surface area contributed by atoms with Gasteiger partial charge in [0, 0.05) is 12.1 Å². The molecule has 0 aliphatic rings. The lowest BCUT2D eigenvalue weighted by Gasteiger charge is -2.11. The Kier molecular flexibility index (Phi) is 4.45. The number of ether oxygens (including phenoxy) is 1. The molecule has 100 valence electrons. The van der Waals surface area contributed by atoms with E-state index in [-0.39, 0.29) is 11.1 Å². The lowest BCUT2D eigenvalue weighted by molar-refractivity contribution is 0.477. The molecule has 2 nitrogen and oxygen atoms in total. The first-order valence-corrected chi connectivity index (χ1v) is 6.82. The zero-order chi connectivity index (χ0) is 14.0. The Bertz CT molecular complexity index is 604. The summed E-state index contributed by atoms with van der Waals surface area (Å²) in [7, 11) is 0. The summed E-state index contributed by atoms with van der Waals surface area (Å²) in [6.45, 7) is 1.90. The van der Waals surface area contributed by atoms with Gasteiger partial charge in [-0.2, -0.15) is 0 Å².